The molecule has 1 aromatic carbocycles. The Bertz CT molecular complexity index is 1220. The lowest BCUT2D eigenvalue weighted by Crippen LogP contribution is -2.53. The van der Waals surface area contributed by atoms with Gasteiger partial charge >= 0.3 is 5.97 Å². The second-order valence-corrected chi connectivity index (χ2v) is 11.3. The van der Waals surface area contributed by atoms with Gasteiger partial charge in [0.1, 0.15) is 6.04 Å². The third kappa shape index (κ3) is 5.86. The van der Waals surface area contributed by atoms with Gasteiger partial charge in [0.15, 0.2) is 5.78 Å². The highest BCUT2D eigenvalue weighted by Crippen LogP contribution is 2.53. The Morgan fingerprint density at radius 3 is 2.30 bits per heavy atom. The number of hydrogen-bond acceptors (Lipinski definition) is 6. The van der Waals surface area contributed by atoms with Crippen molar-refractivity contribution in [2.75, 3.05) is 5.32 Å². The molecular formula is C27H28BrCl2N3O4. The minimum atomic E-state index is -0.674. The number of nitrogens with one attached hydrogen (secondary N) is 2. The first-order valence-corrected chi connectivity index (χ1v) is 13.8. The Kier molecular flexibility index (Phi) is 8.61. The maximum atomic E-state index is 13.0. The zero-order valence-corrected chi connectivity index (χ0v) is 23.7. The standard InChI is InChI=1S/C27H28BrCl2N3O4/c1-15(2)37-26(36)20(33-23-22(28)24(34)27(23)10-4-3-5-11-27)12-16-6-8-17(9-7-16)32-25(35)21-18(29)13-31-14-19(21)30/h6-9,13-15,20,33H,3-5,10-12H2,1-2H3,(H,32,35)/t20-/m0/s1. The van der Waals surface area contributed by atoms with Crippen molar-refractivity contribution in [2.24, 2.45) is 5.41 Å². The molecule has 0 aliphatic heterocycles. The van der Waals surface area contributed by atoms with Crippen LogP contribution < -0.4 is 10.6 Å². The summed E-state index contributed by atoms with van der Waals surface area (Å²) in [6.45, 7) is 3.61. The second kappa shape index (κ2) is 11.5. The highest BCUT2D eigenvalue weighted by molar-refractivity contribution is 9.12. The average Bonchev–Trinajstić information content (AvgIpc) is 2.87. The molecule has 0 radical (unpaired) electrons. The summed E-state index contributed by atoms with van der Waals surface area (Å²) in [4.78, 5) is 42.3. The third-order valence-electron chi connectivity index (χ3n) is 6.73. The Morgan fingerprint density at radius 1 is 1.08 bits per heavy atom. The fourth-order valence-electron chi connectivity index (χ4n) is 4.88. The van der Waals surface area contributed by atoms with E-state index in [0.717, 1.165) is 43.4 Å². The van der Waals surface area contributed by atoms with Crippen molar-refractivity contribution >= 4 is 62.5 Å². The SMILES string of the molecule is CC(C)OC(=O)[C@H](Cc1ccc(NC(=O)c2c(Cl)cncc2Cl)cc1)NC1=C(Br)C(=O)C12CCCCC2. The molecule has 2 aliphatic carbocycles. The first kappa shape index (κ1) is 27.6. The fraction of sp³-hybridized carbons (Fsp3) is 0.407. The number of pyridine rings is 1. The number of ether oxygens (including phenoxy) is 1. The summed E-state index contributed by atoms with van der Waals surface area (Å²) in [6, 6.07) is 6.46. The van der Waals surface area contributed by atoms with Crippen LogP contribution in [-0.4, -0.2) is 34.8 Å². The molecule has 0 unspecified atom stereocenters. The van der Waals surface area contributed by atoms with E-state index in [9.17, 15) is 14.4 Å². The number of amides is 1. The number of halogens is 3. The normalized spacial score (nSPS) is 17.4. The van der Waals surface area contributed by atoms with E-state index in [1.165, 1.54) is 12.4 Å². The summed E-state index contributed by atoms with van der Waals surface area (Å²) in [5, 5.41) is 6.45. The summed E-state index contributed by atoms with van der Waals surface area (Å²) in [5.41, 5.74) is 1.82. The Labute approximate surface area is 234 Å². The van der Waals surface area contributed by atoms with Crippen molar-refractivity contribution < 1.29 is 19.1 Å². The molecule has 1 aromatic heterocycles. The van der Waals surface area contributed by atoms with Gasteiger partial charge in [-0.05, 0) is 60.3 Å². The van der Waals surface area contributed by atoms with Gasteiger partial charge in [0.2, 0.25) is 0 Å². The van der Waals surface area contributed by atoms with E-state index in [-0.39, 0.29) is 33.5 Å². The van der Waals surface area contributed by atoms with E-state index in [4.69, 9.17) is 27.9 Å². The summed E-state index contributed by atoms with van der Waals surface area (Å²) < 4.78 is 6.05. The first-order chi connectivity index (χ1) is 17.6. The van der Waals surface area contributed by atoms with Gasteiger partial charge in [-0.15, -0.1) is 0 Å². The Balaban J connectivity index is 1.50. The minimum Gasteiger partial charge on any atom is -0.461 e. The predicted molar refractivity (Wildman–Crippen MR) is 147 cm³/mol. The Hall–Kier alpha value is -2.42. The van der Waals surface area contributed by atoms with Crippen molar-refractivity contribution in [3.05, 3.63) is 68.0 Å². The molecule has 2 aromatic rings. The van der Waals surface area contributed by atoms with Crippen molar-refractivity contribution in [1.82, 2.24) is 10.3 Å². The van der Waals surface area contributed by atoms with Crippen molar-refractivity contribution in [3.8, 4) is 0 Å². The second-order valence-electron chi connectivity index (χ2n) is 9.68. The molecule has 1 spiro atoms. The topological polar surface area (TPSA) is 97.4 Å². The number of nitrogens with zero attached hydrogens (tertiary/aromatic N) is 1. The van der Waals surface area contributed by atoms with Crippen molar-refractivity contribution in [2.45, 2.75) is 64.5 Å². The average molecular weight is 609 g/mol. The largest absolute Gasteiger partial charge is 0.461 e. The monoisotopic (exact) mass is 607 g/mol. The van der Waals surface area contributed by atoms with Crippen LogP contribution in [0.3, 0.4) is 0 Å². The van der Waals surface area contributed by atoms with Gasteiger partial charge in [0.05, 0.1) is 31.6 Å². The summed E-state index contributed by atoms with van der Waals surface area (Å²) in [7, 11) is 0. The number of ketones is 1. The van der Waals surface area contributed by atoms with Crippen LogP contribution in [0.15, 0.2) is 46.8 Å². The summed E-state index contributed by atoms with van der Waals surface area (Å²) in [5.74, 6) is -0.720. The number of Topliss-reactive ketones (excluding diaryl/α,β-unsaturated/α-hetero) is 1. The van der Waals surface area contributed by atoms with Crippen LogP contribution in [0.25, 0.3) is 0 Å². The number of esters is 1. The molecule has 1 heterocycles. The lowest BCUT2D eigenvalue weighted by atomic mass is 9.62. The van der Waals surface area contributed by atoms with Gasteiger partial charge < -0.3 is 15.4 Å². The van der Waals surface area contributed by atoms with Gasteiger partial charge in [-0.2, -0.15) is 0 Å². The van der Waals surface area contributed by atoms with Gasteiger partial charge in [-0.25, -0.2) is 4.79 Å². The van der Waals surface area contributed by atoms with Crippen LogP contribution in [0.2, 0.25) is 10.0 Å². The van der Waals surface area contributed by atoms with E-state index in [1.54, 1.807) is 26.0 Å². The van der Waals surface area contributed by atoms with E-state index in [2.05, 4.69) is 31.5 Å². The molecule has 2 N–H and O–H groups in total. The molecule has 7 nitrogen and oxygen atoms in total. The number of benzene rings is 1. The molecule has 1 fully saturated rings. The number of allylic oxidation sites excluding steroid dienone is 2. The van der Waals surface area contributed by atoms with Crippen LogP contribution in [0, 0.1) is 5.41 Å². The quantitative estimate of drug-likeness (QED) is 0.345. The van der Waals surface area contributed by atoms with Crippen LogP contribution in [0.1, 0.15) is 61.9 Å². The van der Waals surface area contributed by atoms with Crippen molar-refractivity contribution in [3.63, 3.8) is 0 Å². The molecule has 4 rings (SSSR count). The highest BCUT2D eigenvalue weighted by atomic mass is 79.9. The van der Waals surface area contributed by atoms with E-state index >= 15 is 0 Å². The fourth-order valence-corrected chi connectivity index (χ4v) is 6.29. The lowest BCUT2D eigenvalue weighted by molar-refractivity contribution is -0.150. The first-order valence-electron chi connectivity index (χ1n) is 12.2. The summed E-state index contributed by atoms with van der Waals surface area (Å²) in [6.07, 6.45) is 7.44. The van der Waals surface area contributed by atoms with Crippen LogP contribution in [0.4, 0.5) is 5.69 Å². The van der Waals surface area contributed by atoms with Gasteiger partial charge in [-0.3, -0.25) is 14.6 Å². The van der Waals surface area contributed by atoms with Gasteiger partial charge in [0.25, 0.3) is 5.91 Å². The number of anilines is 1. The summed E-state index contributed by atoms with van der Waals surface area (Å²) >= 11 is 15.6. The number of rotatable bonds is 8. The number of aromatic nitrogens is 1. The number of carbonyl (C=O) groups excluding carboxylic acids is 3. The molecule has 0 bridgehead atoms. The van der Waals surface area contributed by atoms with Crippen LogP contribution in [0.5, 0.6) is 0 Å². The molecular weight excluding hydrogens is 581 g/mol. The third-order valence-corrected chi connectivity index (χ3v) is 8.06. The van der Waals surface area contributed by atoms with Crippen LogP contribution in [-0.2, 0) is 20.7 Å². The van der Waals surface area contributed by atoms with Gasteiger partial charge in [0, 0.05) is 30.2 Å². The molecule has 2 aliphatic rings. The molecule has 1 atom stereocenters. The van der Waals surface area contributed by atoms with E-state index in [1.807, 2.05) is 12.1 Å². The molecule has 0 saturated heterocycles. The van der Waals surface area contributed by atoms with Gasteiger partial charge in [-0.1, -0.05) is 54.6 Å². The molecule has 196 valence electrons. The maximum Gasteiger partial charge on any atom is 0.329 e. The molecule has 10 heteroatoms. The minimum absolute atomic E-state index is 0.111. The van der Waals surface area contributed by atoms with Crippen LogP contribution >= 0.6 is 39.1 Å². The lowest BCUT2D eigenvalue weighted by Gasteiger charge is -2.46. The maximum absolute atomic E-state index is 13.0. The Morgan fingerprint density at radius 2 is 1.70 bits per heavy atom. The molecule has 1 saturated carbocycles. The number of carbonyl (C=O) groups is 3. The van der Waals surface area contributed by atoms with Crippen molar-refractivity contribution in [1.29, 1.82) is 0 Å². The van der Waals surface area contributed by atoms with E-state index in [0.29, 0.717) is 16.6 Å². The molecule has 1 amide bonds. The number of hydrogen-bond donors (Lipinski definition) is 2. The predicted octanol–water partition coefficient (Wildman–Crippen LogP) is 6.23. The molecule has 37 heavy (non-hydrogen) atoms. The van der Waals surface area contributed by atoms with E-state index < -0.39 is 17.4 Å². The zero-order chi connectivity index (χ0) is 26.7. The highest BCUT2D eigenvalue weighted by Gasteiger charge is 2.53. The zero-order valence-electron chi connectivity index (χ0n) is 20.6. The smallest absolute Gasteiger partial charge is 0.329 e.